The van der Waals surface area contributed by atoms with Crippen LogP contribution >= 0.6 is 0 Å². The number of rotatable bonds is 2. The minimum absolute atomic E-state index is 0.483. The number of nitrogens with zero attached hydrogens (tertiary/aromatic N) is 7. The van der Waals surface area contributed by atoms with Gasteiger partial charge in [-0.2, -0.15) is 9.61 Å². The minimum Gasteiger partial charge on any atom is -0.356 e. The molecule has 120 valence electrons. The van der Waals surface area contributed by atoms with Gasteiger partial charge in [-0.1, -0.05) is 0 Å². The smallest absolute Gasteiger partial charge is 0.157 e. The number of aryl methyl sites for hydroxylation is 3. The molecule has 1 aliphatic rings. The van der Waals surface area contributed by atoms with Crippen molar-refractivity contribution in [1.29, 1.82) is 0 Å². The average molecular weight is 311 g/mol. The van der Waals surface area contributed by atoms with Gasteiger partial charge < -0.3 is 9.47 Å². The number of hydrogen-bond donors (Lipinski definition) is 0. The van der Waals surface area contributed by atoms with Gasteiger partial charge in [0.05, 0.1) is 5.69 Å². The Bertz CT molecular complexity index is 839. The quantitative estimate of drug-likeness (QED) is 0.723. The van der Waals surface area contributed by atoms with Crippen LogP contribution in [0.3, 0.4) is 0 Å². The van der Waals surface area contributed by atoms with E-state index in [9.17, 15) is 0 Å². The molecule has 0 aliphatic carbocycles. The Kier molecular flexibility index (Phi) is 3.28. The Hall–Kier alpha value is -2.44. The van der Waals surface area contributed by atoms with Crippen LogP contribution in [0, 0.1) is 13.8 Å². The molecule has 0 spiro atoms. The standard InChI is InChI=1S/C16H21N7/c1-11-9-15(23-14(18-11)8-12(2)20-23)22-6-4-13(5-7-22)16-19-17-10-21(16)3/h8-10,13H,4-7H2,1-3H3. The molecule has 23 heavy (non-hydrogen) atoms. The summed E-state index contributed by atoms with van der Waals surface area (Å²) in [7, 11) is 2.02. The van der Waals surface area contributed by atoms with E-state index >= 15 is 0 Å². The number of aromatic nitrogens is 6. The van der Waals surface area contributed by atoms with Crippen molar-refractivity contribution < 1.29 is 0 Å². The molecule has 0 aromatic carbocycles. The summed E-state index contributed by atoms with van der Waals surface area (Å²) in [5.74, 6) is 2.71. The van der Waals surface area contributed by atoms with Gasteiger partial charge in [0.1, 0.15) is 18.0 Å². The highest BCUT2D eigenvalue weighted by atomic mass is 15.4. The highest BCUT2D eigenvalue weighted by molar-refractivity contribution is 5.52. The molecule has 7 nitrogen and oxygen atoms in total. The van der Waals surface area contributed by atoms with Crippen molar-refractivity contribution >= 4 is 11.5 Å². The molecule has 0 radical (unpaired) electrons. The van der Waals surface area contributed by atoms with Gasteiger partial charge in [-0.15, -0.1) is 10.2 Å². The van der Waals surface area contributed by atoms with E-state index in [1.54, 1.807) is 6.33 Å². The first kappa shape index (κ1) is 14.2. The molecule has 4 rings (SSSR count). The topological polar surface area (TPSA) is 64.1 Å². The number of fused-ring (bicyclic) bond motifs is 1. The lowest BCUT2D eigenvalue weighted by molar-refractivity contribution is 0.470. The van der Waals surface area contributed by atoms with E-state index in [1.165, 1.54) is 0 Å². The van der Waals surface area contributed by atoms with Crippen molar-refractivity contribution in [2.24, 2.45) is 7.05 Å². The second-order valence-corrected chi connectivity index (χ2v) is 6.37. The van der Waals surface area contributed by atoms with Crippen molar-refractivity contribution in [3.8, 4) is 0 Å². The van der Waals surface area contributed by atoms with E-state index in [-0.39, 0.29) is 0 Å². The Labute approximate surface area is 135 Å². The number of hydrogen-bond acceptors (Lipinski definition) is 5. The van der Waals surface area contributed by atoms with Crippen molar-refractivity contribution in [3.63, 3.8) is 0 Å². The van der Waals surface area contributed by atoms with Crippen LogP contribution in [0.2, 0.25) is 0 Å². The van der Waals surface area contributed by atoms with Gasteiger partial charge in [-0.05, 0) is 26.7 Å². The molecule has 0 N–H and O–H groups in total. The maximum Gasteiger partial charge on any atom is 0.157 e. The first-order chi connectivity index (χ1) is 11.1. The molecule has 0 bridgehead atoms. The highest BCUT2D eigenvalue weighted by Crippen LogP contribution is 2.29. The third-order valence-corrected chi connectivity index (χ3v) is 4.59. The Morgan fingerprint density at radius 3 is 2.57 bits per heavy atom. The molecule has 0 unspecified atom stereocenters. The van der Waals surface area contributed by atoms with Crippen molar-refractivity contribution in [2.75, 3.05) is 18.0 Å². The third-order valence-electron chi connectivity index (χ3n) is 4.59. The molecule has 0 amide bonds. The highest BCUT2D eigenvalue weighted by Gasteiger charge is 2.25. The third kappa shape index (κ3) is 2.46. The van der Waals surface area contributed by atoms with Crippen LogP contribution in [0.4, 0.5) is 5.82 Å². The SMILES string of the molecule is Cc1cc(N2CCC(c3nncn3C)CC2)n2nc(C)cc2n1. The normalized spacial score (nSPS) is 16.4. The van der Waals surface area contributed by atoms with E-state index in [1.807, 2.05) is 36.0 Å². The minimum atomic E-state index is 0.483. The first-order valence-electron chi connectivity index (χ1n) is 8.04. The Morgan fingerprint density at radius 1 is 1.09 bits per heavy atom. The maximum absolute atomic E-state index is 4.60. The van der Waals surface area contributed by atoms with Gasteiger partial charge in [0.15, 0.2) is 5.65 Å². The first-order valence-corrected chi connectivity index (χ1v) is 8.04. The summed E-state index contributed by atoms with van der Waals surface area (Å²) in [6.45, 7) is 6.04. The fourth-order valence-corrected chi connectivity index (χ4v) is 3.45. The van der Waals surface area contributed by atoms with Gasteiger partial charge in [0.25, 0.3) is 0 Å². The van der Waals surface area contributed by atoms with Gasteiger partial charge in [0, 0.05) is 43.9 Å². The van der Waals surface area contributed by atoms with E-state index in [4.69, 9.17) is 0 Å². The largest absolute Gasteiger partial charge is 0.356 e. The van der Waals surface area contributed by atoms with E-state index in [2.05, 4.69) is 31.2 Å². The van der Waals surface area contributed by atoms with Gasteiger partial charge >= 0.3 is 0 Å². The van der Waals surface area contributed by atoms with Gasteiger partial charge in [0.2, 0.25) is 0 Å². The Morgan fingerprint density at radius 2 is 1.87 bits per heavy atom. The van der Waals surface area contributed by atoms with Crippen LogP contribution in [-0.4, -0.2) is 42.5 Å². The van der Waals surface area contributed by atoms with Crippen molar-refractivity contribution in [3.05, 3.63) is 35.7 Å². The van der Waals surface area contributed by atoms with Crippen LogP contribution in [0.25, 0.3) is 5.65 Å². The van der Waals surface area contributed by atoms with Crippen LogP contribution in [0.5, 0.6) is 0 Å². The van der Waals surface area contributed by atoms with Crippen LogP contribution in [-0.2, 0) is 7.05 Å². The summed E-state index contributed by atoms with van der Waals surface area (Å²) in [5, 5.41) is 12.9. The molecular weight excluding hydrogens is 290 g/mol. The maximum atomic E-state index is 4.60. The van der Waals surface area contributed by atoms with Crippen LogP contribution in [0.1, 0.15) is 36.0 Å². The van der Waals surface area contributed by atoms with Crippen molar-refractivity contribution in [1.82, 2.24) is 29.4 Å². The zero-order valence-electron chi connectivity index (χ0n) is 13.8. The summed E-state index contributed by atoms with van der Waals surface area (Å²) >= 11 is 0. The molecule has 7 heteroatoms. The summed E-state index contributed by atoms with van der Waals surface area (Å²) < 4.78 is 4.00. The molecule has 4 heterocycles. The fourth-order valence-electron chi connectivity index (χ4n) is 3.45. The predicted octanol–water partition coefficient (Wildman–Crippen LogP) is 1.86. The lowest BCUT2D eigenvalue weighted by Crippen LogP contribution is -2.35. The lowest BCUT2D eigenvalue weighted by atomic mass is 9.96. The van der Waals surface area contributed by atoms with E-state index in [0.29, 0.717) is 5.92 Å². The summed E-state index contributed by atoms with van der Waals surface area (Å²) in [6, 6.07) is 4.16. The van der Waals surface area contributed by atoms with Crippen molar-refractivity contribution in [2.45, 2.75) is 32.6 Å². The second kappa shape index (κ2) is 5.33. The zero-order chi connectivity index (χ0) is 16.0. The monoisotopic (exact) mass is 311 g/mol. The van der Waals surface area contributed by atoms with Crippen LogP contribution < -0.4 is 4.90 Å². The van der Waals surface area contributed by atoms with Gasteiger partial charge in [-0.25, -0.2) is 4.98 Å². The molecule has 1 saturated heterocycles. The molecule has 0 atom stereocenters. The Balaban J connectivity index is 1.60. The average Bonchev–Trinajstić information content (AvgIpc) is 3.11. The zero-order valence-corrected chi connectivity index (χ0v) is 13.8. The molecule has 3 aromatic rings. The predicted molar refractivity (Wildman–Crippen MR) is 87.7 cm³/mol. The summed E-state index contributed by atoms with van der Waals surface area (Å²) in [6.07, 6.45) is 3.94. The van der Waals surface area contributed by atoms with E-state index < -0.39 is 0 Å². The molecule has 1 fully saturated rings. The number of anilines is 1. The fraction of sp³-hybridized carbons (Fsp3) is 0.500. The van der Waals surface area contributed by atoms with Gasteiger partial charge in [-0.3, -0.25) is 0 Å². The van der Waals surface area contributed by atoms with Crippen LogP contribution in [0.15, 0.2) is 18.5 Å². The molecule has 3 aromatic heterocycles. The lowest BCUT2D eigenvalue weighted by Gasteiger charge is -2.33. The molecule has 1 aliphatic heterocycles. The second-order valence-electron chi connectivity index (χ2n) is 6.37. The van der Waals surface area contributed by atoms with E-state index in [0.717, 1.165) is 54.6 Å². The molecule has 0 saturated carbocycles. The summed E-state index contributed by atoms with van der Waals surface area (Å²) in [4.78, 5) is 6.98. The number of piperidine rings is 1. The summed E-state index contributed by atoms with van der Waals surface area (Å²) in [5.41, 5.74) is 2.95. The molecular formula is C16H21N7.